The molecular formula is C38H44F2N14O4. The number of nitrogens with two attached hydrogens (primary N) is 2. The number of ether oxygens (including phenoxy) is 1. The van der Waals surface area contributed by atoms with E-state index in [1.165, 1.54) is 35.5 Å². The van der Waals surface area contributed by atoms with Crippen molar-refractivity contribution in [2.75, 3.05) is 31.1 Å². The second kappa shape index (κ2) is 15.1. The zero-order valence-corrected chi connectivity index (χ0v) is 32.8. The number of hydrogen-bond donors (Lipinski definition) is 3. The molecule has 2 fully saturated rings. The van der Waals surface area contributed by atoms with Gasteiger partial charge in [-0.25, -0.2) is 48.9 Å². The Bertz CT molecular complexity index is 2480. The van der Waals surface area contributed by atoms with Crippen molar-refractivity contribution in [3.63, 3.8) is 0 Å². The quantitative estimate of drug-likeness (QED) is 0.181. The third kappa shape index (κ3) is 7.98. The highest BCUT2D eigenvalue weighted by Crippen LogP contribution is 2.41. The number of nitrogen functional groups attached to an aromatic ring is 2. The van der Waals surface area contributed by atoms with Crippen LogP contribution in [0.4, 0.5) is 30.0 Å². The lowest BCUT2D eigenvalue weighted by Crippen LogP contribution is -2.46. The van der Waals surface area contributed by atoms with Gasteiger partial charge in [-0.2, -0.15) is 19.0 Å². The zero-order chi connectivity index (χ0) is 41.7. The van der Waals surface area contributed by atoms with E-state index in [0.29, 0.717) is 77.3 Å². The molecule has 3 atom stereocenters. The van der Waals surface area contributed by atoms with Gasteiger partial charge >= 0.3 is 12.2 Å². The number of pyridine rings is 2. The molecule has 5 N–H and O–H groups in total. The number of anilines is 2. The monoisotopic (exact) mass is 798 g/mol. The molecule has 304 valence electrons. The first-order valence-corrected chi connectivity index (χ1v) is 18.6. The number of aromatic nitrogens is 10. The van der Waals surface area contributed by atoms with Crippen LogP contribution in [0.15, 0.2) is 49.1 Å². The van der Waals surface area contributed by atoms with Gasteiger partial charge in [-0.3, -0.25) is 0 Å². The largest absolute Gasteiger partial charge is 0.465 e. The Morgan fingerprint density at radius 3 is 1.78 bits per heavy atom. The van der Waals surface area contributed by atoms with Crippen molar-refractivity contribution in [1.82, 2.24) is 59.3 Å². The van der Waals surface area contributed by atoms with Crippen LogP contribution in [0.5, 0.6) is 0 Å². The number of carbonyl (C=O) groups is 2. The molecule has 1 unspecified atom stereocenters. The van der Waals surface area contributed by atoms with E-state index in [9.17, 15) is 23.5 Å². The SMILES string of the molecule is CC(C)(C)OC(=O)N1CC[C@H](n2ncc3c(N)nc(-c4ccc(F)nc4)nc32)C1.CC(C)(C)[C@H]1C(n2ncc3c(N)nc(-c4ccc(F)nc4)nc32)CCN1C(=O)O. The van der Waals surface area contributed by atoms with Crippen molar-refractivity contribution in [3.05, 3.63) is 60.9 Å². The van der Waals surface area contributed by atoms with Crippen LogP contribution >= 0.6 is 0 Å². The van der Waals surface area contributed by atoms with Crippen LogP contribution in [0.1, 0.15) is 66.5 Å². The minimum atomic E-state index is -0.948. The Morgan fingerprint density at radius 2 is 1.29 bits per heavy atom. The highest BCUT2D eigenvalue weighted by atomic mass is 19.1. The summed E-state index contributed by atoms with van der Waals surface area (Å²) in [5.41, 5.74) is 13.5. The molecule has 8 heterocycles. The van der Waals surface area contributed by atoms with Gasteiger partial charge in [-0.05, 0) is 63.3 Å². The van der Waals surface area contributed by atoms with Crippen molar-refractivity contribution in [2.24, 2.45) is 5.41 Å². The Kier molecular flexibility index (Phi) is 10.3. The summed E-state index contributed by atoms with van der Waals surface area (Å²) in [6.07, 6.45) is 5.95. The van der Waals surface area contributed by atoms with Gasteiger partial charge in [-0.15, -0.1) is 0 Å². The summed E-state index contributed by atoms with van der Waals surface area (Å²) in [5, 5.41) is 19.8. The minimum Gasteiger partial charge on any atom is -0.465 e. The van der Waals surface area contributed by atoms with Gasteiger partial charge in [-0.1, -0.05) is 20.8 Å². The van der Waals surface area contributed by atoms with E-state index in [-0.39, 0.29) is 41.3 Å². The van der Waals surface area contributed by atoms with Crippen LogP contribution in [0, 0.1) is 17.3 Å². The maximum absolute atomic E-state index is 13.2. The average molecular weight is 799 g/mol. The van der Waals surface area contributed by atoms with Crippen molar-refractivity contribution < 1.29 is 28.2 Å². The number of carbonyl (C=O) groups excluding carboxylic acids is 1. The van der Waals surface area contributed by atoms with Gasteiger partial charge < -0.3 is 31.1 Å². The minimum absolute atomic E-state index is 0.0616. The molecule has 0 aromatic carbocycles. The second-order valence-corrected chi connectivity index (χ2v) is 16.3. The predicted molar refractivity (Wildman–Crippen MR) is 209 cm³/mol. The summed E-state index contributed by atoms with van der Waals surface area (Å²) in [6, 6.07) is 5.01. The van der Waals surface area contributed by atoms with Gasteiger partial charge in [0.05, 0.1) is 41.3 Å². The first-order valence-electron chi connectivity index (χ1n) is 18.6. The lowest BCUT2D eigenvalue weighted by Gasteiger charge is -2.37. The first kappa shape index (κ1) is 39.6. The number of likely N-dealkylation sites (tertiary alicyclic amines) is 2. The Morgan fingerprint density at radius 1 is 0.759 bits per heavy atom. The molecule has 58 heavy (non-hydrogen) atoms. The molecule has 0 spiro atoms. The van der Waals surface area contributed by atoms with Gasteiger partial charge in [0.25, 0.3) is 0 Å². The maximum Gasteiger partial charge on any atom is 0.410 e. The smallest absolute Gasteiger partial charge is 0.410 e. The summed E-state index contributed by atoms with van der Waals surface area (Å²) >= 11 is 0. The number of fused-ring (bicyclic) bond motifs is 2. The molecule has 0 bridgehead atoms. The van der Waals surface area contributed by atoms with Crippen molar-refractivity contribution >= 4 is 45.9 Å². The third-order valence-electron chi connectivity index (χ3n) is 9.91. The van der Waals surface area contributed by atoms with E-state index in [0.717, 1.165) is 0 Å². The molecule has 2 aliphatic heterocycles. The highest BCUT2D eigenvalue weighted by molar-refractivity contribution is 5.88. The highest BCUT2D eigenvalue weighted by Gasteiger charge is 2.46. The standard InChI is InChI=1S/2C19H22FN7O2/c1-19(2,3)29-18(28)26-7-6-12(10-26)27-17-13(9-23-27)15(21)24-16(25-17)11-4-5-14(20)22-8-11;1-19(2,3)14-12(6-7-26(14)18(28)29)27-17-11(9-23-27)15(21)24-16(25-17)10-4-5-13(20)22-8-10/h4-5,8-9,12H,6-7,10H2,1-3H3,(H2,21,24,25);4-5,8-9,12,14H,6-7H2,1-3H3,(H,28,29)(H2,21,24,25)/t12-;12?,14-/m01/s1. The molecule has 6 aromatic heterocycles. The topological polar surface area (TPSA) is 235 Å². The van der Waals surface area contributed by atoms with Crippen molar-refractivity contribution in [2.45, 2.75) is 78.1 Å². The first-order chi connectivity index (χ1) is 27.4. The van der Waals surface area contributed by atoms with E-state index in [1.54, 1.807) is 32.7 Å². The number of halogens is 2. The zero-order valence-electron chi connectivity index (χ0n) is 32.8. The summed E-state index contributed by atoms with van der Waals surface area (Å²) in [5.74, 6) is 0.000966. The number of carboxylic acid groups (broad SMARTS) is 1. The number of amides is 2. The second-order valence-electron chi connectivity index (χ2n) is 16.3. The lowest BCUT2D eigenvalue weighted by molar-refractivity contribution is 0.0288. The molecular weight excluding hydrogens is 755 g/mol. The predicted octanol–water partition coefficient (Wildman–Crippen LogP) is 5.74. The van der Waals surface area contributed by atoms with Crippen LogP contribution in [-0.4, -0.2) is 108 Å². The fraction of sp³-hybridized carbons (Fsp3) is 0.421. The molecule has 0 radical (unpaired) electrons. The average Bonchev–Trinajstić information content (AvgIpc) is 3.96. The molecule has 2 aliphatic rings. The van der Waals surface area contributed by atoms with Crippen LogP contribution in [0.2, 0.25) is 0 Å². The Hall–Kier alpha value is -6.60. The molecule has 8 rings (SSSR count). The van der Waals surface area contributed by atoms with E-state index in [4.69, 9.17) is 16.2 Å². The van der Waals surface area contributed by atoms with Crippen LogP contribution in [0.3, 0.4) is 0 Å². The summed E-state index contributed by atoms with van der Waals surface area (Å²) < 4.78 is 35.3. The summed E-state index contributed by atoms with van der Waals surface area (Å²) in [6.45, 7) is 13.0. The van der Waals surface area contributed by atoms with E-state index in [2.05, 4.69) is 40.1 Å². The fourth-order valence-electron chi connectivity index (χ4n) is 7.40. The number of hydrogen-bond acceptors (Lipinski definition) is 13. The molecule has 18 nitrogen and oxygen atoms in total. The fourth-order valence-corrected chi connectivity index (χ4v) is 7.40. The van der Waals surface area contributed by atoms with Crippen molar-refractivity contribution in [1.29, 1.82) is 0 Å². The molecule has 20 heteroatoms. The van der Waals surface area contributed by atoms with E-state index >= 15 is 0 Å². The number of nitrogens with zero attached hydrogens (tertiary/aromatic N) is 12. The lowest BCUT2D eigenvalue weighted by atomic mass is 9.83. The van der Waals surface area contributed by atoms with Crippen LogP contribution in [-0.2, 0) is 4.74 Å². The Balaban J connectivity index is 0.000000177. The van der Waals surface area contributed by atoms with Gasteiger partial charge in [0.15, 0.2) is 22.9 Å². The third-order valence-corrected chi connectivity index (χ3v) is 9.91. The molecule has 0 aliphatic carbocycles. The van der Waals surface area contributed by atoms with Crippen molar-refractivity contribution in [3.8, 4) is 22.8 Å². The van der Waals surface area contributed by atoms with Gasteiger partial charge in [0.2, 0.25) is 11.9 Å². The van der Waals surface area contributed by atoms with E-state index in [1.807, 2.05) is 41.5 Å². The maximum atomic E-state index is 13.2. The Labute approximate surface area is 331 Å². The van der Waals surface area contributed by atoms with Crippen LogP contribution < -0.4 is 11.5 Å². The number of rotatable bonds is 4. The molecule has 0 saturated carbocycles. The van der Waals surface area contributed by atoms with E-state index < -0.39 is 23.6 Å². The van der Waals surface area contributed by atoms with Gasteiger partial charge in [0, 0.05) is 43.2 Å². The normalized spacial score (nSPS) is 18.4. The molecule has 6 aromatic rings. The molecule has 2 saturated heterocycles. The van der Waals surface area contributed by atoms with Crippen LogP contribution in [0.25, 0.3) is 44.8 Å². The van der Waals surface area contributed by atoms with Gasteiger partial charge in [0.1, 0.15) is 17.2 Å². The summed E-state index contributed by atoms with van der Waals surface area (Å²) in [7, 11) is 0. The molecule has 2 amide bonds. The summed E-state index contributed by atoms with van der Waals surface area (Å²) in [4.78, 5) is 52.3.